The van der Waals surface area contributed by atoms with E-state index in [1.165, 1.54) is 25.7 Å². The summed E-state index contributed by atoms with van der Waals surface area (Å²) < 4.78 is 5.41. The van der Waals surface area contributed by atoms with Gasteiger partial charge in [0.2, 0.25) is 11.7 Å². The molecular weight excluding hydrogens is 258 g/mol. The molecule has 2 atom stereocenters. The number of hydrogen-bond donors (Lipinski definition) is 1. The Balaban J connectivity index is 1.46. The highest BCUT2D eigenvalue weighted by Crippen LogP contribution is 2.33. The van der Waals surface area contributed by atoms with Crippen LogP contribution in [0.1, 0.15) is 31.6 Å². The molecule has 2 aromatic rings. The molecule has 4 heterocycles. The van der Waals surface area contributed by atoms with Crippen LogP contribution in [0.25, 0.3) is 10.7 Å². The third kappa shape index (κ3) is 2.32. The standard InChI is InChI=1S/C14H17N3OS/c1-2-12(19-5-1)14-16-13(18-17-14)8-9-6-10-3-4-11(7-9)15-10/h1-2,5,9-11,15H,3-4,6-8H2. The Morgan fingerprint density at radius 1 is 1.32 bits per heavy atom. The fraction of sp³-hybridized carbons (Fsp3) is 0.571. The number of aromatic nitrogens is 2. The smallest absolute Gasteiger partial charge is 0.227 e. The van der Waals surface area contributed by atoms with Gasteiger partial charge >= 0.3 is 0 Å². The quantitative estimate of drug-likeness (QED) is 0.936. The second-order valence-electron chi connectivity index (χ2n) is 5.67. The first kappa shape index (κ1) is 11.6. The van der Waals surface area contributed by atoms with E-state index in [1.54, 1.807) is 11.3 Å². The first-order valence-electron chi connectivity index (χ1n) is 6.99. The van der Waals surface area contributed by atoms with Crippen molar-refractivity contribution in [2.75, 3.05) is 0 Å². The summed E-state index contributed by atoms with van der Waals surface area (Å²) in [5.74, 6) is 2.24. The van der Waals surface area contributed by atoms with Crippen molar-refractivity contribution in [1.82, 2.24) is 15.5 Å². The van der Waals surface area contributed by atoms with Gasteiger partial charge in [-0.25, -0.2) is 0 Å². The molecule has 2 aliphatic rings. The zero-order valence-electron chi connectivity index (χ0n) is 10.7. The lowest BCUT2D eigenvalue weighted by atomic mass is 9.90. The molecule has 0 saturated carbocycles. The van der Waals surface area contributed by atoms with Crippen LogP contribution in [0, 0.1) is 5.92 Å². The minimum Gasteiger partial charge on any atom is -0.339 e. The summed E-state index contributed by atoms with van der Waals surface area (Å²) in [7, 11) is 0. The number of piperidine rings is 1. The average Bonchev–Trinajstić information content (AvgIpc) is 3.10. The zero-order chi connectivity index (χ0) is 12.7. The molecule has 0 amide bonds. The molecule has 4 nitrogen and oxygen atoms in total. The maximum Gasteiger partial charge on any atom is 0.227 e. The minimum absolute atomic E-state index is 0.704. The van der Waals surface area contributed by atoms with Gasteiger partial charge in [0, 0.05) is 18.5 Å². The van der Waals surface area contributed by atoms with Crippen LogP contribution in [-0.4, -0.2) is 22.2 Å². The highest BCUT2D eigenvalue weighted by atomic mass is 32.1. The predicted molar refractivity (Wildman–Crippen MR) is 74.0 cm³/mol. The summed E-state index contributed by atoms with van der Waals surface area (Å²) >= 11 is 1.65. The molecule has 4 rings (SSSR count). The molecule has 5 heteroatoms. The van der Waals surface area contributed by atoms with Crippen LogP contribution in [0.4, 0.5) is 0 Å². The normalized spacial score (nSPS) is 29.8. The van der Waals surface area contributed by atoms with E-state index in [0.717, 1.165) is 35.1 Å². The van der Waals surface area contributed by atoms with Gasteiger partial charge in [-0.05, 0) is 43.0 Å². The second kappa shape index (κ2) is 4.72. The molecule has 2 unspecified atom stereocenters. The molecule has 2 aliphatic heterocycles. The molecular formula is C14H17N3OS. The van der Waals surface area contributed by atoms with Gasteiger partial charge in [-0.3, -0.25) is 0 Å². The van der Waals surface area contributed by atoms with Crippen molar-refractivity contribution in [3.63, 3.8) is 0 Å². The lowest BCUT2D eigenvalue weighted by Crippen LogP contribution is -2.38. The highest BCUT2D eigenvalue weighted by Gasteiger charge is 2.34. The molecule has 1 N–H and O–H groups in total. The van der Waals surface area contributed by atoms with E-state index >= 15 is 0 Å². The van der Waals surface area contributed by atoms with Crippen molar-refractivity contribution >= 4 is 11.3 Å². The van der Waals surface area contributed by atoms with Crippen LogP contribution >= 0.6 is 11.3 Å². The molecule has 2 bridgehead atoms. The number of thiophene rings is 1. The van der Waals surface area contributed by atoms with Crippen molar-refractivity contribution in [3.05, 3.63) is 23.4 Å². The predicted octanol–water partition coefficient (Wildman–Crippen LogP) is 2.87. The van der Waals surface area contributed by atoms with Gasteiger partial charge in [0.05, 0.1) is 4.88 Å². The van der Waals surface area contributed by atoms with Crippen LogP contribution in [0.3, 0.4) is 0 Å². The van der Waals surface area contributed by atoms with Gasteiger partial charge < -0.3 is 9.84 Å². The number of nitrogens with one attached hydrogen (secondary N) is 1. The van der Waals surface area contributed by atoms with Crippen molar-refractivity contribution in [1.29, 1.82) is 0 Å². The van der Waals surface area contributed by atoms with Crippen molar-refractivity contribution in [2.24, 2.45) is 5.92 Å². The maximum atomic E-state index is 5.41. The van der Waals surface area contributed by atoms with Gasteiger partial charge in [-0.1, -0.05) is 11.2 Å². The number of hydrogen-bond acceptors (Lipinski definition) is 5. The van der Waals surface area contributed by atoms with Crippen molar-refractivity contribution in [2.45, 2.75) is 44.2 Å². The zero-order valence-corrected chi connectivity index (χ0v) is 11.5. The molecule has 0 aromatic carbocycles. The lowest BCUT2D eigenvalue weighted by Gasteiger charge is -2.27. The second-order valence-corrected chi connectivity index (χ2v) is 6.62. The molecule has 2 saturated heterocycles. The Morgan fingerprint density at radius 3 is 2.89 bits per heavy atom. The Labute approximate surface area is 116 Å². The summed E-state index contributed by atoms with van der Waals surface area (Å²) in [5.41, 5.74) is 0. The maximum absolute atomic E-state index is 5.41. The fourth-order valence-electron chi connectivity index (χ4n) is 3.43. The summed E-state index contributed by atoms with van der Waals surface area (Å²) in [6.45, 7) is 0. The van der Waals surface area contributed by atoms with Crippen LogP contribution < -0.4 is 5.32 Å². The van der Waals surface area contributed by atoms with Gasteiger partial charge in [-0.2, -0.15) is 4.98 Å². The van der Waals surface area contributed by atoms with E-state index in [4.69, 9.17) is 4.52 Å². The largest absolute Gasteiger partial charge is 0.339 e. The Bertz CT molecular complexity index is 539. The van der Waals surface area contributed by atoms with Gasteiger partial charge in [0.25, 0.3) is 0 Å². The van der Waals surface area contributed by atoms with E-state index in [9.17, 15) is 0 Å². The van der Waals surface area contributed by atoms with Crippen LogP contribution in [0.2, 0.25) is 0 Å². The van der Waals surface area contributed by atoms with Crippen molar-refractivity contribution < 1.29 is 4.52 Å². The Morgan fingerprint density at radius 2 is 2.16 bits per heavy atom. The molecule has 2 fully saturated rings. The van der Waals surface area contributed by atoms with Crippen LogP contribution in [-0.2, 0) is 6.42 Å². The number of nitrogens with zero attached hydrogens (tertiary/aromatic N) is 2. The van der Waals surface area contributed by atoms with E-state index in [0.29, 0.717) is 5.92 Å². The first-order valence-corrected chi connectivity index (χ1v) is 7.87. The summed E-state index contributed by atoms with van der Waals surface area (Å²) in [5, 5.41) is 9.79. The monoisotopic (exact) mass is 275 g/mol. The lowest BCUT2D eigenvalue weighted by molar-refractivity contribution is 0.270. The van der Waals surface area contributed by atoms with Gasteiger partial charge in [-0.15, -0.1) is 11.3 Å². The van der Waals surface area contributed by atoms with E-state index < -0.39 is 0 Å². The Kier molecular flexibility index (Phi) is 2.89. The third-order valence-electron chi connectivity index (χ3n) is 4.24. The fourth-order valence-corrected chi connectivity index (χ4v) is 4.08. The van der Waals surface area contributed by atoms with Gasteiger partial charge in [0.1, 0.15) is 0 Å². The molecule has 19 heavy (non-hydrogen) atoms. The van der Waals surface area contributed by atoms with Crippen LogP contribution in [0.15, 0.2) is 22.0 Å². The topological polar surface area (TPSA) is 51.0 Å². The molecule has 100 valence electrons. The number of rotatable bonds is 3. The summed E-state index contributed by atoms with van der Waals surface area (Å²) in [6.07, 6.45) is 6.13. The molecule has 0 radical (unpaired) electrons. The number of fused-ring (bicyclic) bond motifs is 2. The van der Waals surface area contributed by atoms with E-state index in [-0.39, 0.29) is 0 Å². The van der Waals surface area contributed by atoms with Gasteiger partial charge in [0.15, 0.2) is 0 Å². The molecule has 2 aromatic heterocycles. The van der Waals surface area contributed by atoms with Crippen molar-refractivity contribution in [3.8, 4) is 10.7 Å². The van der Waals surface area contributed by atoms with E-state index in [1.807, 2.05) is 17.5 Å². The summed E-state index contributed by atoms with van der Waals surface area (Å²) in [6, 6.07) is 5.50. The first-order chi connectivity index (χ1) is 9.37. The average molecular weight is 275 g/mol. The summed E-state index contributed by atoms with van der Waals surface area (Å²) in [4.78, 5) is 5.61. The van der Waals surface area contributed by atoms with Crippen LogP contribution in [0.5, 0.6) is 0 Å². The highest BCUT2D eigenvalue weighted by molar-refractivity contribution is 7.13. The third-order valence-corrected chi connectivity index (χ3v) is 5.11. The minimum atomic E-state index is 0.704. The molecule has 0 aliphatic carbocycles. The van der Waals surface area contributed by atoms with E-state index in [2.05, 4.69) is 15.5 Å². The SMILES string of the molecule is c1csc(-c2noc(CC3CC4CCC(C3)N4)n2)c1. The molecule has 0 spiro atoms. The Hall–Kier alpha value is -1.20.